The number of thiophene rings is 1. The van der Waals surface area contributed by atoms with Crippen molar-refractivity contribution in [1.29, 1.82) is 0 Å². The van der Waals surface area contributed by atoms with Crippen LogP contribution in [0, 0.1) is 0 Å². The lowest BCUT2D eigenvalue weighted by molar-refractivity contribution is -0.136. The second kappa shape index (κ2) is 8.76. The van der Waals surface area contributed by atoms with Crippen molar-refractivity contribution in [2.75, 3.05) is 19.0 Å². The molecule has 5 nitrogen and oxygen atoms in total. The van der Waals surface area contributed by atoms with Crippen LogP contribution in [0.5, 0.6) is 5.75 Å². The Hall–Kier alpha value is -2.05. The number of halogens is 1. The third kappa shape index (κ3) is 4.62. The third-order valence-corrected chi connectivity index (χ3v) is 6.41. The minimum Gasteiger partial charge on any atom is -0.495 e. The molecule has 0 aliphatic heterocycles. The number of nitrogens with one attached hydrogen (secondary N) is 2. The van der Waals surface area contributed by atoms with Gasteiger partial charge in [-0.3, -0.25) is 9.59 Å². The molecule has 7 heteroatoms. The van der Waals surface area contributed by atoms with Crippen LogP contribution in [0.25, 0.3) is 0 Å². The molecule has 0 atom stereocenters. The average molecular weight is 407 g/mol. The summed E-state index contributed by atoms with van der Waals surface area (Å²) in [6.07, 6.45) is 5.55. The molecule has 0 spiro atoms. The smallest absolute Gasteiger partial charge is 0.313 e. The number of hydrogen-bond acceptors (Lipinski definition) is 4. The Bertz CT molecular complexity index is 802. The van der Waals surface area contributed by atoms with E-state index in [1.807, 2.05) is 6.07 Å². The second-order valence-corrected chi connectivity index (χ2v) is 8.18. The Morgan fingerprint density at radius 2 is 1.96 bits per heavy atom. The minimum absolute atomic E-state index is 0.0733. The van der Waals surface area contributed by atoms with Gasteiger partial charge in [0.05, 0.1) is 12.8 Å². The first kappa shape index (κ1) is 19.7. The number of rotatable bonds is 5. The summed E-state index contributed by atoms with van der Waals surface area (Å²) >= 11 is 7.68. The largest absolute Gasteiger partial charge is 0.495 e. The van der Waals surface area contributed by atoms with Crippen molar-refractivity contribution in [1.82, 2.24) is 5.32 Å². The predicted molar refractivity (Wildman–Crippen MR) is 109 cm³/mol. The van der Waals surface area contributed by atoms with Crippen LogP contribution in [0.3, 0.4) is 0 Å². The first-order valence-electron chi connectivity index (χ1n) is 9.01. The molecule has 1 saturated carbocycles. The zero-order valence-electron chi connectivity index (χ0n) is 15.2. The van der Waals surface area contributed by atoms with E-state index < -0.39 is 11.8 Å². The van der Waals surface area contributed by atoms with Crippen molar-refractivity contribution in [2.45, 2.75) is 37.5 Å². The Morgan fingerprint density at radius 1 is 1.19 bits per heavy atom. The van der Waals surface area contributed by atoms with Crippen molar-refractivity contribution in [3.05, 3.63) is 45.6 Å². The number of anilines is 1. The first-order chi connectivity index (χ1) is 13.0. The van der Waals surface area contributed by atoms with Gasteiger partial charge in [-0.1, -0.05) is 36.9 Å². The van der Waals surface area contributed by atoms with E-state index in [1.165, 1.54) is 18.4 Å². The lowest BCUT2D eigenvalue weighted by Gasteiger charge is -2.36. The molecule has 0 unspecified atom stereocenters. The predicted octanol–water partition coefficient (Wildman–Crippen LogP) is 4.37. The lowest BCUT2D eigenvalue weighted by Crippen LogP contribution is -2.45. The maximum atomic E-state index is 12.4. The molecule has 1 aliphatic carbocycles. The number of hydrogen-bond donors (Lipinski definition) is 2. The van der Waals surface area contributed by atoms with Crippen LogP contribution in [-0.4, -0.2) is 25.5 Å². The second-order valence-electron chi connectivity index (χ2n) is 6.80. The SMILES string of the molecule is COc1ccc(Cl)cc1NC(=O)C(=O)NCC1(c2cccs2)CCCCC1. The van der Waals surface area contributed by atoms with Gasteiger partial charge < -0.3 is 15.4 Å². The summed E-state index contributed by atoms with van der Waals surface area (Å²) in [6, 6.07) is 9.02. The van der Waals surface area contributed by atoms with Gasteiger partial charge in [-0.15, -0.1) is 11.3 Å². The summed E-state index contributed by atoms with van der Waals surface area (Å²) in [4.78, 5) is 26.0. The van der Waals surface area contributed by atoms with Gasteiger partial charge in [0.25, 0.3) is 0 Å². The lowest BCUT2D eigenvalue weighted by atomic mass is 9.73. The minimum atomic E-state index is -0.729. The Morgan fingerprint density at radius 3 is 2.63 bits per heavy atom. The molecule has 1 aliphatic rings. The van der Waals surface area contributed by atoms with Crippen molar-refractivity contribution < 1.29 is 14.3 Å². The summed E-state index contributed by atoms with van der Waals surface area (Å²) in [6.45, 7) is 0.465. The maximum absolute atomic E-state index is 12.4. The molecule has 144 valence electrons. The highest BCUT2D eigenvalue weighted by Gasteiger charge is 2.35. The van der Waals surface area contributed by atoms with Crippen molar-refractivity contribution in [3.63, 3.8) is 0 Å². The van der Waals surface area contributed by atoms with Crippen molar-refractivity contribution in [2.24, 2.45) is 0 Å². The Labute approximate surface area is 168 Å². The fourth-order valence-corrected chi connectivity index (χ4v) is 4.77. The van der Waals surface area contributed by atoms with Gasteiger partial charge in [-0.05, 0) is 42.5 Å². The summed E-state index contributed by atoms with van der Waals surface area (Å²) < 4.78 is 5.20. The number of carbonyl (C=O) groups is 2. The summed E-state index contributed by atoms with van der Waals surface area (Å²) in [5.74, 6) is -0.936. The molecule has 0 saturated heterocycles. The molecule has 1 heterocycles. The number of benzene rings is 1. The van der Waals surface area contributed by atoms with Gasteiger partial charge >= 0.3 is 11.8 Å². The fourth-order valence-electron chi connectivity index (χ4n) is 3.61. The molecule has 1 fully saturated rings. The average Bonchev–Trinajstić information content (AvgIpc) is 3.22. The van der Waals surface area contributed by atoms with Gasteiger partial charge in [0.1, 0.15) is 5.75 Å². The molecular formula is C20H23ClN2O3S. The summed E-state index contributed by atoms with van der Waals surface area (Å²) in [5, 5.41) is 7.93. The van der Waals surface area contributed by atoms with E-state index in [2.05, 4.69) is 22.1 Å². The van der Waals surface area contributed by atoms with E-state index in [9.17, 15) is 9.59 Å². The van der Waals surface area contributed by atoms with Crippen LogP contribution in [0.15, 0.2) is 35.7 Å². The van der Waals surface area contributed by atoms with Crippen LogP contribution in [0.1, 0.15) is 37.0 Å². The van der Waals surface area contributed by atoms with Crippen LogP contribution >= 0.6 is 22.9 Å². The van der Waals surface area contributed by atoms with E-state index in [1.54, 1.807) is 29.5 Å². The molecule has 2 aromatic rings. The fraction of sp³-hybridized carbons (Fsp3) is 0.400. The normalized spacial score (nSPS) is 15.8. The molecule has 0 radical (unpaired) electrons. The summed E-state index contributed by atoms with van der Waals surface area (Å²) in [7, 11) is 1.49. The standard InChI is InChI=1S/C20H23ClN2O3S/c1-26-16-8-7-14(21)12-15(16)23-19(25)18(24)22-13-20(9-3-2-4-10-20)17-6-5-11-27-17/h5-8,11-12H,2-4,9-10,13H2,1H3,(H,22,24)(H,23,25). The first-order valence-corrected chi connectivity index (χ1v) is 10.3. The van der Waals surface area contributed by atoms with Crippen molar-refractivity contribution in [3.8, 4) is 5.75 Å². The molecular weight excluding hydrogens is 384 g/mol. The van der Waals surface area contributed by atoms with Crippen LogP contribution < -0.4 is 15.4 Å². The quantitative estimate of drug-likeness (QED) is 0.724. The van der Waals surface area contributed by atoms with E-state index in [4.69, 9.17) is 16.3 Å². The van der Waals surface area contributed by atoms with Crippen LogP contribution in [0.2, 0.25) is 5.02 Å². The molecule has 2 amide bonds. The van der Waals surface area contributed by atoms with Gasteiger partial charge in [-0.25, -0.2) is 0 Å². The molecule has 0 bridgehead atoms. The van der Waals surface area contributed by atoms with E-state index in [0.717, 1.165) is 25.7 Å². The molecule has 27 heavy (non-hydrogen) atoms. The monoisotopic (exact) mass is 406 g/mol. The maximum Gasteiger partial charge on any atom is 0.313 e. The zero-order valence-corrected chi connectivity index (χ0v) is 16.8. The molecule has 1 aromatic carbocycles. The zero-order chi connectivity index (χ0) is 19.3. The number of methoxy groups -OCH3 is 1. The van der Waals surface area contributed by atoms with Crippen LogP contribution in [0.4, 0.5) is 5.69 Å². The van der Waals surface area contributed by atoms with Gasteiger partial charge in [0, 0.05) is 21.9 Å². The highest BCUT2D eigenvalue weighted by molar-refractivity contribution is 7.10. The van der Waals surface area contributed by atoms with Gasteiger partial charge in [-0.2, -0.15) is 0 Å². The Balaban J connectivity index is 1.66. The van der Waals surface area contributed by atoms with Gasteiger partial charge in [0.2, 0.25) is 0 Å². The highest BCUT2D eigenvalue weighted by atomic mass is 35.5. The molecule has 2 N–H and O–H groups in total. The Kier molecular flexibility index (Phi) is 6.39. The number of ether oxygens (including phenoxy) is 1. The summed E-state index contributed by atoms with van der Waals surface area (Å²) in [5.41, 5.74) is 0.298. The van der Waals surface area contributed by atoms with Crippen molar-refractivity contribution >= 4 is 40.4 Å². The van der Waals surface area contributed by atoms with E-state index in [-0.39, 0.29) is 5.41 Å². The molecule has 3 rings (SSSR count). The highest BCUT2D eigenvalue weighted by Crippen LogP contribution is 2.41. The number of amides is 2. The third-order valence-electron chi connectivity index (χ3n) is 5.06. The van der Waals surface area contributed by atoms with Crippen LogP contribution in [-0.2, 0) is 15.0 Å². The topological polar surface area (TPSA) is 67.4 Å². The molecule has 1 aromatic heterocycles. The van der Waals surface area contributed by atoms with Gasteiger partial charge in [0.15, 0.2) is 0 Å². The number of carbonyl (C=O) groups excluding carboxylic acids is 2. The van der Waals surface area contributed by atoms with E-state index >= 15 is 0 Å². The van der Waals surface area contributed by atoms with E-state index in [0.29, 0.717) is 23.0 Å².